The van der Waals surface area contributed by atoms with Crippen molar-refractivity contribution in [1.82, 2.24) is 0 Å². The molecule has 0 saturated heterocycles. The van der Waals surface area contributed by atoms with Crippen LogP contribution in [-0.2, 0) is 6.54 Å². The molecule has 5 heteroatoms. The van der Waals surface area contributed by atoms with Gasteiger partial charge >= 0.3 is 0 Å². The van der Waals surface area contributed by atoms with Crippen molar-refractivity contribution in [3.05, 3.63) is 193 Å². The SMILES string of the molecule is C=NC(=NC(=NCc1ccccc1)c1cccc2oc3ccccc3c12)c1ccc(-c2cccc3oc4c(-c5ccccc5)cccc4c23)c2ccccc12. The topological polar surface area (TPSA) is 63.4 Å². The van der Waals surface area contributed by atoms with Gasteiger partial charge in [-0.2, -0.15) is 0 Å². The zero-order chi connectivity index (χ0) is 36.7. The Morgan fingerprint density at radius 2 is 1.07 bits per heavy atom. The van der Waals surface area contributed by atoms with Crippen molar-refractivity contribution in [2.75, 3.05) is 0 Å². The Kier molecular flexibility index (Phi) is 7.96. The molecule has 2 aromatic heterocycles. The molecule has 0 fully saturated rings. The molecule has 10 aromatic rings. The first-order valence-electron chi connectivity index (χ1n) is 18.3. The third-order valence-corrected chi connectivity index (χ3v) is 10.3. The highest BCUT2D eigenvalue weighted by Gasteiger charge is 2.20. The predicted octanol–water partition coefficient (Wildman–Crippen LogP) is 13.1. The largest absolute Gasteiger partial charge is 0.456 e. The van der Waals surface area contributed by atoms with Gasteiger partial charge in [-0.1, -0.05) is 152 Å². The van der Waals surface area contributed by atoms with E-state index < -0.39 is 0 Å². The molecule has 0 unspecified atom stereocenters. The normalized spacial score (nSPS) is 12.4. The summed E-state index contributed by atoms with van der Waals surface area (Å²) in [6.45, 7) is 4.48. The number of furan rings is 2. The summed E-state index contributed by atoms with van der Waals surface area (Å²) in [5.41, 5.74) is 10.5. The highest BCUT2D eigenvalue weighted by atomic mass is 16.3. The molecule has 8 aromatic carbocycles. The highest BCUT2D eigenvalue weighted by Crippen LogP contribution is 2.42. The van der Waals surface area contributed by atoms with E-state index in [2.05, 4.69) is 133 Å². The fourth-order valence-electron chi connectivity index (χ4n) is 7.82. The molecular weight excluding hydrogens is 675 g/mol. The monoisotopic (exact) mass is 707 g/mol. The zero-order valence-electron chi connectivity index (χ0n) is 29.8. The smallest absolute Gasteiger partial charge is 0.161 e. The average Bonchev–Trinajstić information content (AvgIpc) is 3.83. The number of nitrogens with zero attached hydrogens (tertiary/aromatic N) is 3. The molecule has 0 spiro atoms. The van der Waals surface area contributed by atoms with Gasteiger partial charge in [-0.15, -0.1) is 0 Å². The summed E-state index contributed by atoms with van der Waals surface area (Å²) >= 11 is 0. The van der Waals surface area contributed by atoms with Crippen LogP contribution in [0.4, 0.5) is 0 Å². The van der Waals surface area contributed by atoms with Crippen LogP contribution in [0.15, 0.2) is 200 Å². The summed E-state index contributed by atoms with van der Waals surface area (Å²) in [7, 11) is 0. The summed E-state index contributed by atoms with van der Waals surface area (Å²) in [4.78, 5) is 14.9. The lowest BCUT2D eigenvalue weighted by molar-refractivity contribution is 0.669. The van der Waals surface area contributed by atoms with Crippen LogP contribution < -0.4 is 0 Å². The summed E-state index contributed by atoms with van der Waals surface area (Å²) in [6.07, 6.45) is 0. The van der Waals surface area contributed by atoms with E-state index in [-0.39, 0.29) is 0 Å². The molecule has 0 aliphatic rings. The van der Waals surface area contributed by atoms with E-state index in [1.165, 1.54) is 0 Å². The fraction of sp³-hybridized carbons (Fsp3) is 0.0200. The number of hydrogen-bond donors (Lipinski definition) is 0. The number of rotatable bonds is 6. The Hall–Kier alpha value is -7.37. The van der Waals surface area contributed by atoms with Crippen molar-refractivity contribution in [2.45, 2.75) is 6.54 Å². The molecular formula is C50H33N3O2. The van der Waals surface area contributed by atoms with Crippen LogP contribution in [0.25, 0.3) is 76.9 Å². The van der Waals surface area contributed by atoms with E-state index in [1.54, 1.807) is 0 Å². The van der Waals surface area contributed by atoms with Gasteiger partial charge in [0.15, 0.2) is 11.7 Å². The van der Waals surface area contributed by atoms with Gasteiger partial charge in [0.2, 0.25) is 0 Å². The number of amidine groups is 2. The lowest BCUT2D eigenvalue weighted by Crippen LogP contribution is -2.07. The Bertz CT molecular complexity index is 3130. The van der Waals surface area contributed by atoms with Gasteiger partial charge in [0.1, 0.15) is 22.3 Å². The molecule has 5 nitrogen and oxygen atoms in total. The molecule has 0 N–H and O–H groups in total. The summed E-state index contributed by atoms with van der Waals surface area (Å²) in [5, 5.41) is 6.22. The Morgan fingerprint density at radius 3 is 1.89 bits per heavy atom. The van der Waals surface area contributed by atoms with E-state index in [1.807, 2.05) is 54.6 Å². The quantitative estimate of drug-likeness (QED) is 0.128. The van der Waals surface area contributed by atoms with Crippen LogP contribution in [0.2, 0.25) is 0 Å². The molecule has 0 bridgehead atoms. The molecule has 0 amide bonds. The zero-order valence-corrected chi connectivity index (χ0v) is 29.8. The number of hydrogen-bond acceptors (Lipinski definition) is 3. The number of aliphatic imine (C=N–C) groups is 3. The van der Waals surface area contributed by atoms with Crippen molar-refractivity contribution < 1.29 is 8.83 Å². The van der Waals surface area contributed by atoms with Crippen LogP contribution in [0.1, 0.15) is 16.7 Å². The number of benzene rings is 8. The second-order valence-corrected chi connectivity index (χ2v) is 13.5. The van der Waals surface area contributed by atoms with Crippen molar-refractivity contribution in [3.8, 4) is 22.3 Å². The van der Waals surface area contributed by atoms with Gasteiger partial charge in [-0.05, 0) is 64.0 Å². The van der Waals surface area contributed by atoms with Crippen molar-refractivity contribution in [3.63, 3.8) is 0 Å². The van der Waals surface area contributed by atoms with Gasteiger partial charge in [0, 0.05) is 38.2 Å². The van der Waals surface area contributed by atoms with Gasteiger partial charge in [0.05, 0.1) is 6.54 Å². The lowest BCUT2D eigenvalue weighted by atomic mass is 9.91. The van der Waals surface area contributed by atoms with Crippen molar-refractivity contribution in [1.29, 1.82) is 0 Å². The summed E-state index contributed by atoms with van der Waals surface area (Å²) < 4.78 is 12.9. The van der Waals surface area contributed by atoms with Crippen molar-refractivity contribution in [2.24, 2.45) is 15.0 Å². The molecule has 2 heterocycles. The van der Waals surface area contributed by atoms with Crippen LogP contribution in [0.3, 0.4) is 0 Å². The number of para-hydroxylation sites is 2. The minimum Gasteiger partial charge on any atom is -0.456 e. The molecule has 0 atom stereocenters. The molecule has 0 saturated carbocycles. The van der Waals surface area contributed by atoms with E-state index in [4.69, 9.17) is 18.8 Å². The first kappa shape index (κ1) is 32.3. The Balaban J connectivity index is 1.15. The standard InChI is InChI=1S/C50H33N3O2/c1-51-49(53-50(52-31-32-15-4-2-5-16-32)42-25-14-27-44-47(42)40-21-10-11-26-43(40)54-44)39-30-29-37(35-19-8-9-20-36(35)39)38-23-13-28-45-46(38)41-24-12-22-34(48(41)55-45)33-17-6-3-7-18-33/h2-30H,1,31H2. The van der Waals surface area contributed by atoms with Crippen molar-refractivity contribution >= 4 is 73.0 Å². The first-order chi connectivity index (χ1) is 27.2. The molecule has 0 radical (unpaired) electrons. The average molecular weight is 708 g/mol. The lowest BCUT2D eigenvalue weighted by Gasteiger charge is -2.13. The maximum atomic E-state index is 6.62. The minimum atomic E-state index is 0.449. The van der Waals surface area contributed by atoms with E-state index in [0.29, 0.717) is 18.2 Å². The van der Waals surface area contributed by atoms with Crippen LogP contribution >= 0.6 is 0 Å². The Labute approximate surface area is 317 Å². The molecule has 55 heavy (non-hydrogen) atoms. The Morgan fingerprint density at radius 1 is 0.436 bits per heavy atom. The van der Waals surface area contributed by atoms with Crippen LogP contribution in [0, 0.1) is 0 Å². The van der Waals surface area contributed by atoms with Gasteiger partial charge in [-0.3, -0.25) is 4.99 Å². The molecule has 0 aliphatic carbocycles. The maximum absolute atomic E-state index is 6.62. The fourth-order valence-corrected chi connectivity index (χ4v) is 7.82. The highest BCUT2D eigenvalue weighted by molar-refractivity contribution is 6.24. The summed E-state index contributed by atoms with van der Waals surface area (Å²) in [5.74, 6) is 1.04. The second-order valence-electron chi connectivity index (χ2n) is 13.5. The third kappa shape index (κ3) is 5.61. The van der Waals surface area contributed by atoms with Gasteiger partial charge in [-0.25, -0.2) is 9.98 Å². The number of fused-ring (bicyclic) bond motifs is 7. The third-order valence-electron chi connectivity index (χ3n) is 10.3. The molecule has 0 aliphatic heterocycles. The predicted molar refractivity (Wildman–Crippen MR) is 229 cm³/mol. The van der Waals surface area contributed by atoms with E-state index >= 15 is 0 Å². The van der Waals surface area contributed by atoms with E-state index in [0.717, 1.165) is 93.6 Å². The minimum absolute atomic E-state index is 0.449. The second kappa shape index (κ2) is 13.6. The van der Waals surface area contributed by atoms with Gasteiger partial charge < -0.3 is 8.83 Å². The molecule has 260 valence electrons. The first-order valence-corrected chi connectivity index (χ1v) is 18.3. The maximum Gasteiger partial charge on any atom is 0.161 e. The van der Waals surface area contributed by atoms with Crippen LogP contribution in [-0.4, -0.2) is 18.4 Å². The van der Waals surface area contributed by atoms with E-state index in [9.17, 15) is 0 Å². The molecule has 10 rings (SSSR count). The van der Waals surface area contributed by atoms with Crippen LogP contribution in [0.5, 0.6) is 0 Å². The van der Waals surface area contributed by atoms with Gasteiger partial charge in [0.25, 0.3) is 0 Å². The summed E-state index contributed by atoms with van der Waals surface area (Å²) in [6, 6.07) is 60.1.